The number of carboxylic acids is 1. The summed E-state index contributed by atoms with van der Waals surface area (Å²) in [6.07, 6.45) is 4.01. The van der Waals surface area contributed by atoms with Crippen LogP contribution in [-0.2, 0) is 31.1 Å². The number of ether oxygens (including phenoxy) is 4. The lowest BCUT2D eigenvalue weighted by atomic mass is 9.92. The first-order valence-corrected chi connectivity index (χ1v) is 17.0. The summed E-state index contributed by atoms with van der Waals surface area (Å²) in [5, 5.41) is 9.56. The summed E-state index contributed by atoms with van der Waals surface area (Å²) >= 11 is 0. The van der Waals surface area contributed by atoms with Gasteiger partial charge in [-0.1, -0.05) is 36.4 Å². The number of rotatable bonds is 14. The van der Waals surface area contributed by atoms with Crippen LogP contribution in [0, 0.1) is 13.8 Å². The van der Waals surface area contributed by atoms with Crippen molar-refractivity contribution in [2.24, 2.45) is 0 Å². The Balaban J connectivity index is 1.12. The fourth-order valence-corrected chi connectivity index (χ4v) is 6.92. The van der Waals surface area contributed by atoms with Gasteiger partial charge < -0.3 is 24.1 Å². The first kappa shape index (κ1) is 34.2. The lowest BCUT2D eigenvalue weighted by Crippen LogP contribution is -2.35. The number of benzene rings is 2. The van der Waals surface area contributed by atoms with Crippen LogP contribution in [0.25, 0.3) is 11.1 Å². The summed E-state index contributed by atoms with van der Waals surface area (Å²) in [4.78, 5) is 25.3. The summed E-state index contributed by atoms with van der Waals surface area (Å²) in [6.45, 7) is 9.25. The van der Waals surface area contributed by atoms with Crippen molar-refractivity contribution < 1.29 is 28.8 Å². The molecule has 49 heavy (non-hydrogen) atoms. The van der Waals surface area contributed by atoms with Crippen molar-refractivity contribution in [1.82, 2.24) is 19.8 Å². The molecule has 0 unspecified atom stereocenters. The predicted molar refractivity (Wildman–Crippen MR) is 187 cm³/mol. The Hall–Kier alpha value is -4.67. The van der Waals surface area contributed by atoms with Gasteiger partial charge in [0.05, 0.1) is 14.2 Å². The molecule has 0 bridgehead atoms. The zero-order chi connectivity index (χ0) is 34.3. The van der Waals surface area contributed by atoms with E-state index in [9.17, 15) is 9.90 Å². The Labute approximate surface area is 288 Å². The van der Waals surface area contributed by atoms with E-state index in [0.717, 1.165) is 77.1 Å². The smallest absolute Gasteiger partial charge is 0.320 e. The van der Waals surface area contributed by atoms with Crippen molar-refractivity contribution >= 4 is 5.97 Å². The molecule has 1 atom stereocenters. The second kappa shape index (κ2) is 15.7. The van der Waals surface area contributed by atoms with Crippen LogP contribution in [-0.4, -0.2) is 70.7 Å². The maximum Gasteiger partial charge on any atom is 0.320 e. The quantitative estimate of drug-likeness (QED) is 0.159. The van der Waals surface area contributed by atoms with Crippen LogP contribution >= 0.6 is 0 Å². The maximum absolute atomic E-state index is 11.6. The zero-order valence-electron chi connectivity index (χ0n) is 28.9. The van der Waals surface area contributed by atoms with E-state index < -0.39 is 12.0 Å². The van der Waals surface area contributed by atoms with Gasteiger partial charge in [0.1, 0.15) is 19.3 Å². The molecule has 2 aliphatic heterocycles. The van der Waals surface area contributed by atoms with Gasteiger partial charge in [0.2, 0.25) is 23.5 Å². The third-order valence-corrected chi connectivity index (χ3v) is 9.76. The van der Waals surface area contributed by atoms with E-state index in [0.29, 0.717) is 49.7 Å². The van der Waals surface area contributed by atoms with Crippen LogP contribution in [0.5, 0.6) is 23.5 Å². The lowest BCUT2D eigenvalue weighted by molar-refractivity contribution is -0.142. The van der Waals surface area contributed by atoms with Gasteiger partial charge in [0, 0.05) is 36.3 Å². The molecular weight excluding hydrogens is 620 g/mol. The van der Waals surface area contributed by atoms with E-state index >= 15 is 0 Å². The normalized spacial score (nSPS) is 16.5. The van der Waals surface area contributed by atoms with Crippen LogP contribution in [0.1, 0.15) is 59.1 Å². The van der Waals surface area contributed by atoms with Crippen LogP contribution in [0.15, 0.2) is 60.7 Å². The minimum atomic E-state index is -0.788. The average Bonchev–Trinajstić information content (AvgIpc) is 3.81. The third-order valence-electron chi connectivity index (χ3n) is 9.76. The highest BCUT2D eigenvalue weighted by atomic mass is 16.5. The van der Waals surface area contributed by atoms with Gasteiger partial charge >= 0.3 is 5.97 Å². The number of aromatic nitrogens is 2. The molecule has 6 rings (SSSR count). The van der Waals surface area contributed by atoms with E-state index in [2.05, 4.69) is 71.2 Å². The number of pyridine rings is 2. The summed E-state index contributed by atoms with van der Waals surface area (Å²) in [5.41, 5.74) is 8.59. The molecule has 0 saturated carbocycles. The van der Waals surface area contributed by atoms with Crippen LogP contribution < -0.4 is 18.9 Å². The topological polar surface area (TPSA) is 106 Å². The number of carbonyl (C=O) groups is 1. The monoisotopic (exact) mass is 666 g/mol. The molecule has 4 heterocycles. The number of hydrogen-bond acceptors (Lipinski definition) is 9. The van der Waals surface area contributed by atoms with Crippen LogP contribution in [0.2, 0.25) is 0 Å². The number of carboxylic acid groups (broad SMARTS) is 1. The largest absolute Gasteiger partial charge is 0.481 e. The standard InChI is InChI=1S/C39H46N4O6/c1-26-30(24-48-35-17-15-28(37(40-35)46-3)22-42-19-5-6-20-42)10-7-12-32(26)33-13-8-11-31(27(33)2)25-49-36-18-16-29(38(41-36)47-4)23-43-21-9-14-34(43)39(44)45/h7-8,10-13,15-18,34H,5-6,9,14,19-25H2,1-4H3,(H,44,45)/t34-/m0/s1. The van der Waals surface area contributed by atoms with Crippen LogP contribution in [0.3, 0.4) is 0 Å². The molecule has 0 spiro atoms. The Morgan fingerprint density at radius 3 is 1.76 bits per heavy atom. The maximum atomic E-state index is 11.6. The molecule has 0 radical (unpaired) electrons. The molecule has 258 valence electrons. The first-order valence-electron chi connectivity index (χ1n) is 17.0. The lowest BCUT2D eigenvalue weighted by Gasteiger charge is -2.22. The third kappa shape index (κ3) is 7.98. The molecular formula is C39H46N4O6. The molecule has 2 fully saturated rings. The second-order valence-electron chi connectivity index (χ2n) is 12.8. The molecule has 0 amide bonds. The van der Waals surface area contributed by atoms with E-state index in [4.69, 9.17) is 18.9 Å². The first-order chi connectivity index (χ1) is 23.8. The SMILES string of the molecule is COc1nc(OCc2cccc(-c3cccc(COc4ccc(CN5CCC[C@H]5C(=O)O)c(OC)n4)c3C)c2C)ccc1CN1CCCC1. The average molecular weight is 667 g/mol. The van der Waals surface area contributed by atoms with Gasteiger partial charge in [0.25, 0.3) is 0 Å². The minimum absolute atomic E-state index is 0.339. The molecule has 10 heteroatoms. The van der Waals surface area contributed by atoms with Gasteiger partial charge in [-0.25, -0.2) is 0 Å². The van der Waals surface area contributed by atoms with E-state index in [-0.39, 0.29) is 0 Å². The Morgan fingerprint density at radius 1 is 0.714 bits per heavy atom. The molecule has 10 nitrogen and oxygen atoms in total. The number of likely N-dealkylation sites (tertiary alicyclic amines) is 2. The minimum Gasteiger partial charge on any atom is -0.481 e. The molecule has 4 aromatic rings. The van der Waals surface area contributed by atoms with Crippen molar-refractivity contribution in [3.63, 3.8) is 0 Å². The Bertz CT molecular complexity index is 1770. The van der Waals surface area contributed by atoms with Crippen molar-refractivity contribution in [1.29, 1.82) is 0 Å². The van der Waals surface area contributed by atoms with E-state index in [1.807, 2.05) is 23.1 Å². The molecule has 2 saturated heterocycles. The molecule has 1 N–H and O–H groups in total. The van der Waals surface area contributed by atoms with Gasteiger partial charge in [-0.15, -0.1) is 0 Å². The highest BCUT2D eigenvalue weighted by molar-refractivity contribution is 5.74. The van der Waals surface area contributed by atoms with Gasteiger partial charge in [-0.2, -0.15) is 9.97 Å². The molecule has 0 aliphatic carbocycles. The highest BCUT2D eigenvalue weighted by Crippen LogP contribution is 2.32. The van der Waals surface area contributed by atoms with Crippen LogP contribution in [0.4, 0.5) is 0 Å². The summed E-state index contributed by atoms with van der Waals surface area (Å²) in [7, 11) is 3.23. The number of hydrogen-bond donors (Lipinski definition) is 1. The van der Waals surface area contributed by atoms with E-state index in [1.165, 1.54) is 12.8 Å². The van der Waals surface area contributed by atoms with Crippen molar-refractivity contribution in [3.05, 3.63) is 94.0 Å². The number of methoxy groups -OCH3 is 2. The number of nitrogens with zero attached hydrogens (tertiary/aromatic N) is 4. The molecule has 2 aromatic heterocycles. The van der Waals surface area contributed by atoms with Gasteiger partial charge in [-0.05, 0) is 105 Å². The highest BCUT2D eigenvalue weighted by Gasteiger charge is 2.31. The summed E-state index contributed by atoms with van der Waals surface area (Å²) < 4.78 is 23.5. The second-order valence-corrected chi connectivity index (χ2v) is 12.8. The summed E-state index contributed by atoms with van der Waals surface area (Å²) in [5.74, 6) is 1.27. The van der Waals surface area contributed by atoms with Gasteiger partial charge in [-0.3, -0.25) is 14.6 Å². The van der Waals surface area contributed by atoms with Crippen molar-refractivity contribution in [3.8, 4) is 34.6 Å². The van der Waals surface area contributed by atoms with Crippen molar-refractivity contribution in [2.75, 3.05) is 33.9 Å². The fourth-order valence-electron chi connectivity index (χ4n) is 6.92. The number of aliphatic carboxylic acids is 1. The van der Waals surface area contributed by atoms with Gasteiger partial charge in [0.15, 0.2) is 0 Å². The zero-order valence-corrected chi connectivity index (χ0v) is 28.9. The van der Waals surface area contributed by atoms with E-state index in [1.54, 1.807) is 14.2 Å². The Kier molecular flexibility index (Phi) is 11.0. The fraction of sp³-hybridized carbons (Fsp3) is 0.410. The molecule has 2 aliphatic rings. The Morgan fingerprint density at radius 2 is 1.24 bits per heavy atom. The summed E-state index contributed by atoms with van der Waals surface area (Å²) in [6, 6.07) is 19.8. The van der Waals surface area contributed by atoms with Crippen molar-refractivity contribution in [2.45, 2.75) is 71.9 Å². The molecule has 2 aromatic carbocycles. The predicted octanol–water partition coefficient (Wildman–Crippen LogP) is 6.58.